The van der Waals surface area contributed by atoms with Crippen molar-refractivity contribution in [3.8, 4) is 0 Å². The second-order valence-corrected chi connectivity index (χ2v) is 6.45. The quantitative estimate of drug-likeness (QED) is 0.872. The minimum atomic E-state index is 0.215. The fourth-order valence-electron chi connectivity index (χ4n) is 3.62. The van der Waals surface area contributed by atoms with Crippen molar-refractivity contribution in [2.75, 3.05) is 13.1 Å². The Kier molecular flexibility index (Phi) is 4.59. The number of likely N-dealkylation sites (tertiary alicyclic amines) is 1. The SMILES string of the molecule is CCC(c1ccccc1)C1CCCN1CC(=O)NC1CC1. The Bertz CT molecular complexity index is 469. The molecule has 1 amide bonds. The molecule has 0 bridgehead atoms. The fourth-order valence-corrected chi connectivity index (χ4v) is 3.62. The van der Waals surface area contributed by atoms with Crippen LogP contribution in [0.3, 0.4) is 0 Å². The van der Waals surface area contributed by atoms with Crippen molar-refractivity contribution < 1.29 is 4.79 Å². The van der Waals surface area contributed by atoms with E-state index in [2.05, 4.69) is 47.5 Å². The molecule has 1 aromatic carbocycles. The molecule has 2 fully saturated rings. The highest BCUT2D eigenvalue weighted by molar-refractivity contribution is 5.78. The normalized spacial score (nSPS) is 24.0. The second-order valence-electron chi connectivity index (χ2n) is 6.45. The molecule has 21 heavy (non-hydrogen) atoms. The van der Waals surface area contributed by atoms with Crippen molar-refractivity contribution in [2.24, 2.45) is 0 Å². The van der Waals surface area contributed by atoms with Crippen LogP contribution in [0, 0.1) is 0 Å². The maximum Gasteiger partial charge on any atom is 0.234 e. The van der Waals surface area contributed by atoms with E-state index in [1.54, 1.807) is 0 Å². The van der Waals surface area contributed by atoms with Crippen LogP contribution < -0.4 is 5.32 Å². The zero-order valence-electron chi connectivity index (χ0n) is 12.9. The largest absolute Gasteiger partial charge is 0.352 e. The number of nitrogens with one attached hydrogen (secondary N) is 1. The molecule has 1 saturated heterocycles. The summed E-state index contributed by atoms with van der Waals surface area (Å²) in [5.74, 6) is 0.759. The molecule has 0 radical (unpaired) electrons. The van der Waals surface area contributed by atoms with Crippen LogP contribution in [0.25, 0.3) is 0 Å². The van der Waals surface area contributed by atoms with E-state index in [0.717, 1.165) is 25.8 Å². The molecule has 3 rings (SSSR count). The fraction of sp³-hybridized carbons (Fsp3) is 0.611. The third-order valence-electron chi connectivity index (χ3n) is 4.84. The van der Waals surface area contributed by atoms with Crippen LogP contribution in [0.5, 0.6) is 0 Å². The average Bonchev–Trinajstić information content (AvgIpc) is 3.20. The Morgan fingerprint density at radius 1 is 1.29 bits per heavy atom. The maximum absolute atomic E-state index is 12.1. The van der Waals surface area contributed by atoms with Gasteiger partial charge in [-0.05, 0) is 50.1 Å². The summed E-state index contributed by atoms with van der Waals surface area (Å²) in [5.41, 5.74) is 1.42. The molecule has 3 heteroatoms. The van der Waals surface area contributed by atoms with E-state index in [1.165, 1.54) is 18.4 Å². The summed E-state index contributed by atoms with van der Waals surface area (Å²) in [5, 5.41) is 3.12. The molecular weight excluding hydrogens is 260 g/mol. The number of carbonyl (C=O) groups is 1. The van der Waals surface area contributed by atoms with Gasteiger partial charge in [-0.3, -0.25) is 9.69 Å². The number of nitrogens with zero attached hydrogens (tertiary/aromatic N) is 1. The van der Waals surface area contributed by atoms with Crippen LogP contribution in [0.4, 0.5) is 0 Å². The number of hydrogen-bond donors (Lipinski definition) is 1. The minimum absolute atomic E-state index is 0.215. The van der Waals surface area contributed by atoms with E-state index < -0.39 is 0 Å². The van der Waals surface area contributed by atoms with E-state index in [1.807, 2.05) is 0 Å². The third kappa shape index (κ3) is 3.65. The summed E-state index contributed by atoms with van der Waals surface area (Å²) in [4.78, 5) is 14.5. The molecule has 3 nitrogen and oxygen atoms in total. The third-order valence-corrected chi connectivity index (χ3v) is 4.84. The monoisotopic (exact) mass is 286 g/mol. The number of benzene rings is 1. The van der Waals surface area contributed by atoms with Gasteiger partial charge >= 0.3 is 0 Å². The molecule has 0 aromatic heterocycles. The standard InChI is InChI=1S/C18H26N2O/c1-2-16(14-7-4-3-5-8-14)17-9-6-12-20(17)13-18(21)19-15-10-11-15/h3-5,7-8,15-17H,2,6,9-13H2,1H3,(H,19,21). The van der Waals surface area contributed by atoms with E-state index in [4.69, 9.17) is 0 Å². The highest BCUT2D eigenvalue weighted by atomic mass is 16.2. The van der Waals surface area contributed by atoms with Crippen LogP contribution in [0.2, 0.25) is 0 Å². The van der Waals surface area contributed by atoms with Crippen molar-refractivity contribution in [1.82, 2.24) is 10.2 Å². The molecule has 114 valence electrons. The Balaban J connectivity index is 1.65. The van der Waals surface area contributed by atoms with Gasteiger partial charge in [-0.1, -0.05) is 37.3 Å². The molecule has 1 heterocycles. The number of hydrogen-bond acceptors (Lipinski definition) is 2. The van der Waals surface area contributed by atoms with Crippen LogP contribution in [-0.2, 0) is 4.79 Å². The lowest BCUT2D eigenvalue weighted by atomic mass is 9.87. The van der Waals surface area contributed by atoms with Gasteiger partial charge in [0.2, 0.25) is 5.91 Å². The van der Waals surface area contributed by atoms with Gasteiger partial charge in [0.1, 0.15) is 0 Å². The molecule has 1 saturated carbocycles. The van der Waals surface area contributed by atoms with Gasteiger partial charge in [-0.25, -0.2) is 0 Å². The van der Waals surface area contributed by atoms with E-state index in [9.17, 15) is 4.79 Å². The Morgan fingerprint density at radius 2 is 2.05 bits per heavy atom. The Morgan fingerprint density at radius 3 is 2.71 bits per heavy atom. The highest BCUT2D eigenvalue weighted by Gasteiger charge is 2.33. The lowest BCUT2D eigenvalue weighted by molar-refractivity contribution is -0.122. The Hall–Kier alpha value is -1.35. The molecule has 1 N–H and O–H groups in total. The summed E-state index contributed by atoms with van der Waals surface area (Å²) in [6.45, 7) is 3.90. The predicted molar refractivity (Wildman–Crippen MR) is 85.2 cm³/mol. The molecular formula is C18H26N2O. The van der Waals surface area contributed by atoms with Gasteiger partial charge in [-0.15, -0.1) is 0 Å². The Labute approximate surface area is 127 Å². The summed E-state index contributed by atoms with van der Waals surface area (Å²) in [7, 11) is 0. The van der Waals surface area contributed by atoms with E-state index in [0.29, 0.717) is 24.5 Å². The van der Waals surface area contributed by atoms with Crippen molar-refractivity contribution in [2.45, 2.75) is 57.0 Å². The van der Waals surface area contributed by atoms with E-state index in [-0.39, 0.29) is 5.91 Å². The summed E-state index contributed by atoms with van der Waals surface area (Å²) in [6.07, 6.45) is 5.89. The topological polar surface area (TPSA) is 32.3 Å². The second kappa shape index (κ2) is 6.61. The zero-order valence-corrected chi connectivity index (χ0v) is 12.9. The zero-order chi connectivity index (χ0) is 14.7. The first-order chi connectivity index (χ1) is 10.3. The van der Waals surface area contributed by atoms with Crippen LogP contribution in [0.15, 0.2) is 30.3 Å². The van der Waals surface area contributed by atoms with Crippen molar-refractivity contribution in [3.05, 3.63) is 35.9 Å². The summed E-state index contributed by atoms with van der Waals surface area (Å²) < 4.78 is 0. The number of carbonyl (C=O) groups excluding carboxylic acids is 1. The summed E-state index contributed by atoms with van der Waals surface area (Å²) in [6, 6.07) is 11.8. The molecule has 2 aliphatic rings. The average molecular weight is 286 g/mol. The molecule has 0 spiro atoms. The molecule has 1 aliphatic heterocycles. The molecule has 1 aromatic rings. The first-order valence-electron chi connectivity index (χ1n) is 8.36. The molecule has 2 unspecified atom stereocenters. The van der Waals surface area contributed by atoms with Gasteiger partial charge in [0.05, 0.1) is 6.54 Å². The maximum atomic E-state index is 12.1. The van der Waals surface area contributed by atoms with Crippen LogP contribution >= 0.6 is 0 Å². The van der Waals surface area contributed by atoms with Gasteiger partial charge in [0.25, 0.3) is 0 Å². The van der Waals surface area contributed by atoms with Crippen molar-refractivity contribution >= 4 is 5.91 Å². The first kappa shape index (κ1) is 14.6. The summed E-state index contributed by atoms with van der Waals surface area (Å²) >= 11 is 0. The number of rotatable bonds is 6. The van der Waals surface area contributed by atoms with Gasteiger partial charge in [-0.2, -0.15) is 0 Å². The van der Waals surface area contributed by atoms with E-state index >= 15 is 0 Å². The smallest absolute Gasteiger partial charge is 0.234 e. The molecule has 2 atom stereocenters. The van der Waals surface area contributed by atoms with Gasteiger partial charge in [0, 0.05) is 12.1 Å². The van der Waals surface area contributed by atoms with Gasteiger partial charge < -0.3 is 5.32 Å². The van der Waals surface area contributed by atoms with Gasteiger partial charge in [0.15, 0.2) is 0 Å². The number of amides is 1. The van der Waals surface area contributed by atoms with Crippen molar-refractivity contribution in [1.29, 1.82) is 0 Å². The first-order valence-corrected chi connectivity index (χ1v) is 8.36. The van der Waals surface area contributed by atoms with Crippen molar-refractivity contribution in [3.63, 3.8) is 0 Å². The van der Waals surface area contributed by atoms with Crippen LogP contribution in [0.1, 0.15) is 50.5 Å². The lowest BCUT2D eigenvalue weighted by Crippen LogP contribution is -2.42. The predicted octanol–water partition coefficient (Wildman–Crippen LogP) is 2.92. The van der Waals surface area contributed by atoms with Crippen LogP contribution in [-0.4, -0.2) is 36.0 Å². The highest BCUT2D eigenvalue weighted by Crippen LogP contribution is 2.33. The molecule has 1 aliphatic carbocycles. The minimum Gasteiger partial charge on any atom is -0.352 e. The lowest BCUT2D eigenvalue weighted by Gasteiger charge is -2.31.